The molecular weight excluding hydrogens is 627 g/mol. The fourth-order valence-corrected chi connectivity index (χ4v) is 6.97. The molecule has 8 rings (SSSR count). The summed E-state index contributed by atoms with van der Waals surface area (Å²) in [6.45, 7) is 6.55. The Hall–Kier alpha value is -6.70. The van der Waals surface area contributed by atoms with E-state index < -0.39 is 0 Å². The summed E-state index contributed by atoms with van der Waals surface area (Å²) in [5, 5.41) is 5.05. The fraction of sp³-hybridized carbons (Fsp3) is 0.0196. The van der Waals surface area contributed by atoms with Gasteiger partial charge >= 0.3 is 0 Å². The molecule has 0 aromatic heterocycles. The smallest absolute Gasteiger partial charge is 0.0462 e. The van der Waals surface area contributed by atoms with Crippen molar-refractivity contribution in [1.82, 2.24) is 0 Å². The van der Waals surface area contributed by atoms with Gasteiger partial charge < -0.3 is 4.90 Å². The van der Waals surface area contributed by atoms with E-state index in [4.69, 9.17) is 0 Å². The average Bonchev–Trinajstić information content (AvgIpc) is 3.22. The summed E-state index contributed by atoms with van der Waals surface area (Å²) in [4.78, 5) is 2.31. The molecule has 0 fully saturated rings. The van der Waals surface area contributed by atoms with Gasteiger partial charge in [-0.2, -0.15) is 0 Å². The molecule has 0 aliphatic carbocycles. The van der Waals surface area contributed by atoms with Gasteiger partial charge in [0.05, 0.1) is 0 Å². The van der Waals surface area contributed by atoms with E-state index in [1.54, 1.807) is 0 Å². The second-order valence-electron chi connectivity index (χ2n) is 13.0. The Bertz CT molecular complexity index is 2460. The van der Waals surface area contributed by atoms with E-state index in [2.05, 4.69) is 225 Å². The molecule has 0 spiro atoms. The zero-order chi connectivity index (χ0) is 35.3. The monoisotopic (exact) mass is 665 g/mol. The van der Waals surface area contributed by atoms with E-state index in [0.717, 1.165) is 33.8 Å². The minimum Gasteiger partial charge on any atom is -0.311 e. The molecule has 0 heterocycles. The third-order valence-corrected chi connectivity index (χ3v) is 9.82. The first kappa shape index (κ1) is 32.5. The number of anilines is 3. The van der Waals surface area contributed by atoms with Gasteiger partial charge in [-0.1, -0.05) is 170 Å². The van der Waals surface area contributed by atoms with Gasteiger partial charge in [0, 0.05) is 17.1 Å². The van der Waals surface area contributed by atoms with Crippen LogP contribution in [-0.4, -0.2) is 0 Å². The molecule has 1 heteroatoms. The lowest BCUT2D eigenvalue weighted by Crippen LogP contribution is -2.09. The Morgan fingerprint density at radius 2 is 0.865 bits per heavy atom. The van der Waals surface area contributed by atoms with Crippen LogP contribution in [0.4, 0.5) is 17.1 Å². The van der Waals surface area contributed by atoms with Gasteiger partial charge in [-0.05, 0) is 115 Å². The summed E-state index contributed by atoms with van der Waals surface area (Å²) in [5.41, 5.74) is 12.5. The highest BCUT2D eigenvalue weighted by Gasteiger charge is 2.14. The summed E-state index contributed by atoms with van der Waals surface area (Å²) in [5.74, 6) is 0. The molecule has 0 unspecified atom stereocenters. The molecule has 0 amide bonds. The molecule has 0 saturated heterocycles. The van der Waals surface area contributed by atoms with Crippen LogP contribution in [0.1, 0.15) is 18.1 Å². The van der Waals surface area contributed by atoms with Gasteiger partial charge in [-0.25, -0.2) is 0 Å². The van der Waals surface area contributed by atoms with Crippen molar-refractivity contribution < 1.29 is 0 Å². The van der Waals surface area contributed by atoms with Crippen LogP contribution in [0.15, 0.2) is 213 Å². The van der Waals surface area contributed by atoms with E-state index in [-0.39, 0.29) is 0 Å². The number of hydrogen-bond donors (Lipinski definition) is 0. The van der Waals surface area contributed by atoms with Crippen LogP contribution in [0.25, 0.3) is 54.9 Å². The number of hydrogen-bond acceptors (Lipinski definition) is 1. The molecule has 0 radical (unpaired) electrons. The molecule has 52 heavy (non-hydrogen) atoms. The van der Waals surface area contributed by atoms with Gasteiger partial charge in [0.15, 0.2) is 0 Å². The molecule has 0 aliphatic heterocycles. The maximum Gasteiger partial charge on any atom is 0.0462 e. The Morgan fingerprint density at radius 3 is 1.42 bits per heavy atom. The quantitative estimate of drug-likeness (QED) is 0.110. The molecule has 8 aromatic carbocycles. The second kappa shape index (κ2) is 14.6. The minimum absolute atomic E-state index is 0.961. The first-order valence-corrected chi connectivity index (χ1v) is 17.8. The Morgan fingerprint density at radius 1 is 0.423 bits per heavy atom. The second-order valence-corrected chi connectivity index (χ2v) is 13.0. The highest BCUT2D eigenvalue weighted by molar-refractivity contribution is 6.08. The average molecular weight is 666 g/mol. The first-order chi connectivity index (χ1) is 25.6. The molecule has 0 saturated carbocycles. The Kier molecular flexibility index (Phi) is 9.16. The van der Waals surface area contributed by atoms with Gasteiger partial charge in [0.2, 0.25) is 0 Å². The van der Waals surface area contributed by atoms with Crippen LogP contribution in [0.3, 0.4) is 0 Å². The van der Waals surface area contributed by atoms with E-state index in [9.17, 15) is 0 Å². The molecule has 0 atom stereocenters. The lowest BCUT2D eigenvalue weighted by molar-refractivity contribution is 1.28. The van der Waals surface area contributed by atoms with E-state index >= 15 is 0 Å². The SMILES string of the molecule is C=C(/C=C\C(=C/C)c1ccc2ccc3ccccc3c2c1)c1ccc(N(c2ccc(-c3ccccc3)cc2)c2ccc(-c3ccccc3)cc2)cc1. The van der Waals surface area contributed by atoms with Crippen molar-refractivity contribution in [2.45, 2.75) is 6.92 Å². The molecule has 0 aliphatic rings. The minimum atomic E-state index is 0.961. The predicted molar refractivity (Wildman–Crippen MR) is 225 cm³/mol. The topological polar surface area (TPSA) is 3.24 Å². The molecular formula is C51H39N. The third-order valence-electron chi connectivity index (χ3n) is 9.82. The third kappa shape index (κ3) is 6.73. The molecule has 8 aromatic rings. The Balaban J connectivity index is 1.07. The van der Waals surface area contributed by atoms with Crippen molar-refractivity contribution in [1.29, 1.82) is 0 Å². The maximum atomic E-state index is 4.46. The highest BCUT2D eigenvalue weighted by atomic mass is 15.1. The standard InChI is InChI=1S/C51H39N/c1-3-38(46-23-22-45-21-20-44-16-10-11-17-50(44)51(45)36-46)19-18-37(2)39-24-30-47(31-25-39)52(48-32-26-42(27-33-48)40-12-6-4-7-13-40)49-34-28-43(29-35-49)41-14-8-5-9-15-41/h3-36H,2H2,1H3/b19-18-,38-3+. The lowest BCUT2D eigenvalue weighted by Gasteiger charge is -2.26. The number of fused-ring (bicyclic) bond motifs is 3. The van der Waals surface area contributed by atoms with E-state index in [0.29, 0.717) is 0 Å². The van der Waals surface area contributed by atoms with Gasteiger partial charge in [-0.15, -0.1) is 0 Å². The molecule has 248 valence electrons. The van der Waals surface area contributed by atoms with E-state index in [1.807, 2.05) is 0 Å². The van der Waals surface area contributed by atoms with Crippen molar-refractivity contribution in [2.24, 2.45) is 0 Å². The summed E-state index contributed by atoms with van der Waals surface area (Å²) in [6, 6.07) is 67.1. The summed E-state index contributed by atoms with van der Waals surface area (Å²) in [6.07, 6.45) is 6.47. The van der Waals surface area contributed by atoms with Gasteiger partial charge in [-0.3, -0.25) is 0 Å². The van der Waals surface area contributed by atoms with Crippen molar-refractivity contribution in [2.75, 3.05) is 4.90 Å². The van der Waals surface area contributed by atoms with Gasteiger partial charge in [0.1, 0.15) is 0 Å². The number of rotatable bonds is 9. The highest BCUT2D eigenvalue weighted by Crippen LogP contribution is 2.37. The van der Waals surface area contributed by atoms with Crippen molar-refractivity contribution in [3.8, 4) is 22.3 Å². The van der Waals surface area contributed by atoms with Crippen LogP contribution in [0.2, 0.25) is 0 Å². The largest absolute Gasteiger partial charge is 0.311 e. The zero-order valence-corrected chi connectivity index (χ0v) is 29.3. The first-order valence-electron chi connectivity index (χ1n) is 17.8. The molecule has 0 N–H and O–H groups in total. The zero-order valence-electron chi connectivity index (χ0n) is 29.3. The molecule has 0 bridgehead atoms. The van der Waals surface area contributed by atoms with Crippen molar-refractivity contribution in [3.05, 3.63) is 224 Å². The number of allylic oxidation sites excluding steroid dienone is 5. The van der Waals surface area contributed by atoms with E-state index in [1.165, 1.54) is 49.4 Å². The molecule has 1 nitrogen and oxygen atoms in total. The summed E-state index contributed by atoms with van der Waals surface area (Å²) in [7, 11) is 0. The normalized spacial score (nSPS) is 11.7. The van der Waals surface area contributed by atoms with Crippen molar-refractivity contribution >= 4 is 49.8 Å². The van der Waals surface area contributed by atoms with Crippen LogP contribution < -0.4 is 4.90 Å². The maximum absolute atomic E-state index is 4.46. The van der Waals surface area contributed by atoms with Crippen LogP contribution in [0.5, 0.6) is 0 Å². The Labute approximate surface area is 306 Å². The summed E-state index contributed by atoms with van der Waals surface area (Å²) >= 11 is 0. The van der Waals surface area contributed by atoms with Crippen LogP contribution >= 0.6 is 0 Å². The van der Waals surface area contributed by atoms with Crippen LogP contribution in [0, 0.1) is 0 Å². The number of nitrogens with zero attached hydrogens (tertiary/aromatic N) is 1. The fourth-order valence-electron chi connectivity index (χ4n) is 6.97. The summed E-state index contributed by atoms with van der Waals surface area (Å²) < 4.78 is 0. The van der Waals surface area contributed by atoms with Crippen molar-refractivity contribution in [3.63, 3.8) is 0 Å². The lowest BCUT2D eigenvalue weighted by atomic mass is 9.96. The van der Waals surface area contributed by atoms with Gasteiger partial charge in [0.25, 0.3) is 0 Å². The predicted octanol–water partition coefficient (Wildman–Crippen LogP) is 14.5. The van der Waals surface area contributed by atoms with Crippen LogP contribution in [-0.2, 0) is 0 Å². The number of benzene rings is 8.